The van der Waals surface area contributed by atoms with Crippen LogP contribution < -0.4 is 0 Å². The Morgan fingerprint density at radius 3 is 2.93 bits per heavy atom. The first-order chi connectivity index (χ1) is 7.34. The molecule has 0 saturated heterocycles. The first-order valence-electron chi connectivity index (χ1n) is 4.38. The third-order valence-electron chi connectivity index (χ3n) is 2.14. The molecule has 2 aromatic heterocycles. The van der Waals surface area contributed by atoms with Crippen LogP contribution in [0.2, 0.25) is 5.02 Å². The number of imidazole rings is 1. The van der Waals surface area contributed by atoms with Crippen molar-refractivity contribution >= 4 is 27.9 Å². The number of aromatic nitrogens is 3. The Morgan fingerprint density at radius 2 is 2.13 bits per heavy atom. The summed E-state index contributed by atoms with van der Waals surface area (Å²) in [5, 5.41) is 4.84. The summed E-state index contributed by atoms with van der Waals surface area (Å²) in [5.41, 5.74) is 3.57. The van der Waals surface area contributed by atoms with Gasteiger partial charge in [-0.05, 0) is 6.07 Å². The average molecular weight is 236 g/mol. The monoisotopic (exact) mass is 235 g/mol. The fourth-order valence-corrected chi connectivity index (χ4v) is 2.27. The zero-order valence-electron chi connectivity index (χ0n) is 7.59. The summed E-state index contributed by atoms with van der Waals surface area (Å²) >= 11 is 7.59. The zero-order chi connectivity index (χ0) is 10.3. The van der Waals surface area contributed by atoms with Crippen LogP contribution in [-0.4, -0.2) is 14.6 Å². The molecule has 0 bridgehead atoms. The average Bonchev–Trinajstić information content (AvgIpc) is 2.77. The largest absolute Gasteiger partial charge is 0.217 e. The summed E-state index contributed by atoms with van der Waals surface area (Å²) in [6.07, 6.45) is 1.88. The summed E-state index contributed by atoms with van der Waals surface area (Å²) in [6, 6.07) is 7.66. The van der Waals surface area contributed by atoms with Crippen LogP contribution in [0.5, 0.6) is 0 Å². The van der Waals surface area contributed by atoms with Crippen molar-refractivity contribution in [2.75, 3.05) is 0 Å². The van der Waals surface area contributed by atoms with Crippen molar-refractivity contribution in [1.29, 1.82) is 0 Å². The molecular weight excluding hydrogens is 230 g/mol. The molecule has 0 fully saturated rings. The smallest absolute Gasteiger partial charge is 0.212 e. The van der Waals surface area contributed by atoms with E-state index in [4.69, 9.17) is 11.6 Å². The zero-order valence-corrected chi connectivity index (χ0v) is 9.16. The van der Waals surface area contributed by atoms with Gasteiger partial charge in [0.15, 0.2) is 0 Å². The van der Waals surface area contributed by atoms with Gasteiger partial charge in [0, 0.05) is 5.56 Å². The van der Waals surface area contributed by atoms with Crippen molar-refractivity contribution in [3.05, 3.63) is 41.0 Å². The fourth-order valence-electron chi connectivity index (χ4n) is 1.44. The first-order valence-corrected chi connectivity index (χ1v) is 5.64. The van der Waals surface area contributed by atoms with E-state index in [0.29, 0.717) is 5.02 Å². The van der Waals surface area contributed by atoms with E-state index >= 15 is 0 Å². The molecule has 3 aromatic rings. The van der Waals surface area contributed by atoms with E-state index in [9.17, 15) is 0 Å². The minimum absolute atomic E-state index is 0.711. The van der Waals surface area contributed by atoms with Gasteiger partial charge >= 0.3 is 0 Å². The third-order valence-corrected chi connectivity index (χ3v) is 3.15. The van der Waals surface area contributed by atoms with Gasteiger partial charge in [-0.1, -0.05) is 41.1 Å². The molecule has 3 nitrogen and oxygen atoms in total. The maximum Gasteiger partial charge on any atom is 0.212 e. The molecular formula is C10H6ClN3S. The lowest BCUT2D eigenvalue weighted by molar-refractivity contribution is 0.974. The van der Waals surface area contributed by atoms with Crippen molar-refractivity contribution in [1.82, 2.24) is 14.6 Å². The number of hydrogen-bond acceptors (Lipinski definition) is 3. The Morgan fingerprint density at radius 1 is 1.27 bits per heavy atom. The fraction of sp³-hybridized carbons (Fsp3) is 0. The molecule has 0 atom stereocenters. The topological polar surface area (TPSA) is 30.2 Å². The molecule has 0 amide bonds. The van der Waals surface area contributed by atoms with E-state index in [1.807, 2.05) is 30.5 Å². The Kier molecular flexibility index (Phi) is 1.97. The minimum Gasteiger partial charge on any atom is -0.217 e. The van der Waals surface area contributed by atoms with Gasteiger partial charge in [0.1, 0.15) is 5.51 Å². The maximum absolute atomic E-state index is 6.09. The molecule has 74 valence electrons. The Hall–Kier alpha value is -1.39. The number of rotatable bonds is 1. The van der Waals surface area contributed by atoms with Gasteiger partial charge in [-0.3, -0.25) is 0 Å². The third kappa shape index (κ3) is 1.42. The van der Waals surface area contributed by atoms with Gasteiger partial charge < -0.3 is 0 Å². The summed E-state index contributed by atoms with van der Waals surface area (Å²) in [6.45, 7) is 0. The molecule has 5 heteroatoms. The highest BCUT2D eigenvalue weighted by Crippen LogP contribution is 2.27. The van der Waals surface area contributed by atoms with Crippen LogP contribution in [0, 0.1) is 0 Å². The Balaban J connectivity index is 2.22. The van der Waals surface area contributed by atoms with Crippen LogP contribution in [0.25, 0.3) is 16.2 Å². The van der Waals surface area contributed by atoms with E-state index in [1.54, 1.807) is 10.0 Å². The number of benzene rings is 1. The van der Waals surface area contributed by atoms with Crippen molar-refractivity contribution in [3.8, 4) is 11.3 Å². The summed E-state index contributed by atoms with van der Waals surface area (Å²) in [4.78, 5) is 5.32. The lowest BCUT2D eigenvalue weighted by Gasteiger charge is -1.97. The van der Waals surface area contributed by atoms with Gasteiger partial charge in [0.2, 0.25) is 4.96 Å². The summed E-state index contributed by atoms with van der Waals surface area (Å²) < 4.78 is 1.75. The van der Waals surface area contributed by atoms with E-state index in [-0.39, 0.29) is 0 Å². The highest BCUT2D eigenvalue weighted by molar-refractivity contribution is 7.14. The van der Waals surface area contributed by atoms with E-state index in [1.165, 1.54) is 11.3 Å². The molecule has 0 unspecified atom stereocenters. The predicted molar refractivity (Wildman–Crippen MR) is 61.3 cm³/mol. The van der Waals surface area contributed by atoms with Crippen LogP contribution >= 0.6 is 22.9 Å². The Bertz CT molecular complexity index is 585. The van der Waals surface area contributed by atoms with Gasteiger partial charge in [-0.2, -0.15) is 5.10 Å². The molecule has 0 N–H and O–H groups in total. The standard InChI is InChI=1S/C10H6ClN3S/c11-8-4-2-1-3-7(8)9-5-14-10(13-9)15-6-12-14/h1-6H. The Labute approximate surface area is 95.0 Å². The normalized spacial score (nSPS) is 11.0. The van der Waals surface area contributed by atoms with Crippen LogP contribution in [0.4, 0.5) is 0 Å². The second-order valence-electron chi connectivity index (χ2n) is 3.07. The predicted octanol–water partition coefficient (Wildman–Crippen LogP) is 3.11. The van der Waals surface area contributed by atoms with E-state index in [0.717, 1.165) is 16.2 Å². The summed E-state index contributed by atoms with van der Waals surface area (Å²) in [7, 11) is 0. The van der Waals surface area contributed by atoms with Crippen molar-refractivity contribution < 1.29 is 0 Å². The molecule has 0 spiro atoms. The maximum atomic E-state index is 6.09. The second-order valence-corrected chi connectivity index (χ2v) is 4.29. The molecule has 0 aliphatic rings. The molecule has 15 heavy (non-hydrogen) atoms. The van der Waals surface area contributed by atoms with E-state index < -0.39 is 0 Å². The lowest BCUT2D eigenvalue weighted by Crippen LogP contribution is -1.79. The number of hydrogen-bond donors (Lipinski definition) is 0. The van der Waals surface area contributed by atoms with Crippen LogP contribution in [0.3, 0.4) is 0 Å². The van der Waals surface area contributed by atoms with Gasteiger partial charge in [-0.25, -0.2) is 9.50 Å². The molecule has 0 radical (unpaired) electrons. The molecule has 3 rings (SSSR count). The molecule has 0 saturated carbocycles. The summed E-state index contributed by atoms with van der Waals surface area (Å²) in [5.74, 6) is 0. The number of halogens is 1. The quantitative estimate of drug-likeness (QED) is 0.649. The van der Waals surface area contributed by atoms with Crippen molar-refractivity contribution in [2.24, 2.45) is 0 Å². The second kappa shape index (κ2) is 3.32. The van der Waals surface area contributed by atoms with E-state index in [2.05, 4.69) is 10.1 Å². The molecule has 1 aromatic carbocycles. The highest BCUT2D eigenvalue weighted by Gasteiger charge is 2.08. The molecule has 2 heterocycles. The van der Waals surface area contributed by atoms with Gasteiger partial charge in [0.25, 0.3) is 0 Å². The molecule has 0 aliphatic carbocycles. The lowest BCUT2D eigenvalue weighted by atomic mass is 10.2. The van der Waals surface area contributed by atoms with Gasteiger partial charge in [0.05, 0.1) is 16.9 Å². The molecule has 0 aliphatic heterocycles. The first kappa shape index (κ1) is 8.88. The highest BCUT2D eigenvalue weighted by atomic mass is 35.5. The van der Waals surface area contributed by atoms with Crippen molar-refractivity contribution in [3.63, 3.8) is 0 Å². The van der Waals surface area contributed by atoms with Crippen molar-refractivity contribution in [2.45, 2.75) is 0 Å². The number of fused-ring (bicyclic) bond motifs is 1. The number of nitrogens with zero attached hydrogens (tertiary/aromatic N) is 3. The van der Waals surface area contributed by atoms with Gasteiger partial charge in [-0.15, -0.1) is 0 Å². The van der Waals surface area contributed by atoms with Crippen LogP contribution in [0.1, 0.15) is 0 Å². The van der Waals surface area contributed by atoms with Crippen LogP contribution in [0.15, 0.2) is 36.0 Å². The SMILES string of the molecule is Clc1ccccc1-c1cn2ncsc2n1. The van der Waals surface area contributed by atoms with Crippen LogP contribution in [-0.2, 0) is 0 Å². The minimum atomic E-state index is 0.711.